The molecule has 2 nitrogen and oxygen atoms in total. The summed E-state index contributed by atoms with van der Waals surface area (Å²) in [6, 6.07) is 10.0. The van der Waals surface area contributed by atoms with E-state index in [-0.39, 0.29) is 0 Å². The maximum absolute atomic E-state index is 8.96. The van der Waals surface area contributed by atoms with Crippen LogP contribution in [0.2, 0.25) is 0 Å². The molecule has 1 heterocycles. The summed E-state index contributed by atoms with van der Waals surface area (Å²) in [4.78, 5) is 0. The molecular formula is C12H10N2. The van der Waals surface area contributed by atoms with Gasteiger partial charge < -0.3 is 5.32 Å². The van der Waals surface area contributed by atoms with E-state index in [1.807, 2.05) is 24.3 Å². The Hall–Kier alpha value is -2.01. The molecule has 0 radical (unpaired) electrons. The fourth-order valence-corrected chi connectivity index (χ4v) is 1.57. The average molecular weight is 182 g/mol. The minimum absolute atomic E-state index is 0.666. The summed E-state index contributed by atoms with van der Waals surface area (Å²) in [5.74, 6) is 0. The zero-order valence-electron chi connectivity index (χ0n) is 7.75. The summed E-state index contributed by atoms with van der Waals surface area (Å²) in [5, 5.41) is 12.0. The van der Waals surface area contributed by atoms with Crippen LogP contribution < -0.4 is 5.32 Å². The smallest absolute Gasteiger partial charge is 0.101 e. The van der Waals surface area contributed by atoms with Gasteiger partial charge in [0.05, 0.1) is 5.57 Å². The SMILES string of the molecule is C=C1CNC=C(C#N)c2ccccc21. The van der Waals surface area contributed by atoms with Crippen LogP contribution in [0.3, 0.4) is 0 Å². The lowest BCUT2D eigenvalue weighted by molar-refractivity contribution is 1.01. The van der Waals surface area contributed by atoms with Crippen LogP contribution in [0.5, 0.6) is 0 Å². The van der Waals surface area contributed by atoms with Gasteiger partial charge in [-0.2, -0.15) is 5.26 Å². The average Bonchev–Trinajstić information content (AvgIpc) is 2.39. The zero-order chi connectivity index (χ0) is 9.97. The van der Waals surface area contributed by atoms with Crippen LogP contribution in [0.25, 0.3) is 11.1 Å². The van der Waals surface area contributed by atoms with Crippen LogP contribution in [0.4, 0.5) is 0 Å². The van der Waals surface area contributed by atoms with Crippen LogP contribution in [0, 0.1) is 11.3 Å². The topological polar surface area (TPSA) is 35.8 Å². The standard InChI is InChI=1S/C12H10N2/c1-9-7-14-8-10(6-13)12-5-3-2-4-11(9)12/h2-5,8,14H,1,7H2. The van der Waals surface area contributed by atoms with Crippen molar-refractivity contribution in [1.82, 2.24) is 5.32 Å². The van der Waals surface area contributed by atoms with Gasteiger partial charge >= 0.3 is 0 Å². The fourth-order valence-electron chi connectivity index (χ4n) is 1.57. The summed E-state index contributed by atoms with van der Waals surface area (Å²) in [6.45, 7) is 4.68. The number of nitriles is 1. The molecule has 14 heavy (non-hydrogen) atoms. The third-order valence-electron chi connectivity index (χ3n) is 2.28. The van der Waals surface area contributed by atoms with Gasteiger partial charge in [-0.25, -0.2) is 0 Å². The molecule has 1 aromatic carbocycles. The van der Waals surface area contributed by atoms with Crippen LogP contribution in [0.1, 0.15) is 11.1 Å². The van der Waals surface area contributed by atoms with Crippen LogP contribution in [-0.2, 0) is 0 Å². The second-order valence-corrected chi connectivity index (χ2v) is 3.20. The Morgan fingerprint density at radius 2 is 2.00 bits per heavy atom. The number of rotatable bonds is 0. The molecule has 0 aliphatic carbocycles. The number of nitrogens with one attached hydrogen (secondary N) is 1. The molecule has 0 bridgehead atoms. The van der Waals surface area contributed by atoms with E-state index in [1.54, 1.807) is 6.20 Å². The third-order valence-corrected chi connectivity index (χ3v) is 2.28. The molecule has 1 aromatic rings. The van der Waals surface area contributed by atoms with Crippen molar-refractivity contribution in [2.45, 2.75) is 0 Å². The molecule has 0 aromatic heterocycles. The van der Waals surface area contributed by atoms with Crippen molar-refractivity contribution in [1.29, 1.82) is 5.26 Å². The molecule has 68 valence electrons. The molecule has 2 heteroatoms. The van der Waals surface area contributed by atoms with Gasteiger partial charge in [0.2, 0.25) is 0 Å². The fraction of sp³-hybridized carbons (Fsp3) is 0.0833. The van der Waals surface area contributed by atoms with E-state index in [4.69, 9.17) is 5.26 Å². The van der Waals surface area contributed by atoms with Crippen LogP contribution in [-0.4, -0.2) is 6.54 Å². The van der Waals surface area contributed by atoms with Crippen molar-refractivity contribution in [2.75, 3.05) is 6.54 Å². The first-order valence-electron chi connectivity index (χ1n) is 4.44. The Morgan fingerprint density at radius 3 is 2.71 bits per heavy atom. The second-order valence-electron chi connectivity index (χ2n) is 3.20. The number of hydrogen-bond acceptors (Lipinski definition) is 2. The molecule has 0 atom stereocenters. The van der Waals surface area contributed by atoms with Crippen molar-refractivity contribution < 1.29 is 0 Å². The third kappa shape index (κ3) is 1.29. The Balaban J connectivity index is 2.64. The van der Waals surface area contributed by atoms with E-state index in [0.29, 0.717) is 12.1 Å². The van der Waals surface area contributed by atoms with Gasteiger partial charge in [0.1, 0.15) is 6.07 Å². The Morgan fingerprint density at radius 1 is 1.29 bits per heavy atom. The molecule has 1 aliphatic heterocycles. The van der Waals surface area contributed by atoms with Crippen molar-refractivity contribution in [2.24, 2.45) is 0 Å². The van der Waals surface area contributed by atoms with Gasteiger partial charge in [-0.3, -0.25) is 0 Å². The summed E-state index contributed by atoms with van der Waals surface area (Å²) in [7, 11) is 0. The van der Waals surface area contributed by atoms with Crippen LogP contribution >= 0.6 is 0 Å². The summed E-state index contributed by atoms with van der Waals surface area (Å²) in [6.07, 6.45) is 1.75. The van der Waals surface area contributed by atoms with Gasteiger partial charge in [0.25, 0.3) is 0 Å². The number of hydrogen-bond donors (Lipinski definition) is 1. The van der Waals surface area contributed by atoms with Crippen molar-refractivity contribution >= 4 is 11.1 Å². The molecule has 1 N–H and O–H groups in total. The molecule has 1 aliphatic rings. The maximum atomic E-state index is 8.96. The van der Waals surface area contributed by atoms with Gasteiger partial charge in [-0.05, 0) is 11.1 Å². The number of nitrogens with zero attached hydrogens (tertiary/aromatic N) is 1. The minimum Gasteiger partial charge on any atom is -0.386 e. The first kappa shape index (κ1) is 8.58. The van der Waals surface area contributed by atoms with E-state index in [2.05, 4.69) is 18.0 Å². The van der Waals surface area contributed by atoms with Gasteiger partial charge in [-0.15, -0.1) is 0 Å². The lowest BCUT2D eigenvalue weighted by atomic mass is 9.97. The Kier molecular flexibility index (Phi) is 2.08. The van der Waals surface area contributed by atoms with E-state index < -0.39 is 0 Å². The monoisotopic (exact) mass is 182 g/mol. The number of fused-ring (bicyclic) bond motifs is 1. The van der Waals surface area contributed by atoms with Crippen molar-refractivity contribution in [3.8, 4) is 6.07 Å². The molecule has 0 unspecified atom stereocenters. The lowest BCUT2D eigenvalue weighted by Crippen LogP contribution is -2.06. The number of benzene rings is 1. The molecule has 0 spiro atoms. The molecule has 0 saturated heterocycles. The maximum Gasteiger partial charge on any atom is 0.101 e. The van der Waals surface area contributed by atoms with Gasteiger partial charge in [-0.1, -0.05) is 30.8 Å². The van der Waals surface area contributed by atoms with Crippen molar-refractivity contribution in [3.05, 3.63) is 48.2 Å². The predicted octanol–water partition coefficient (Wildman–Crippen LogP) is 2.17. The molecule has 0 saturated carbocycles. The van der Waals surface area contributed by atoms with E-state index >= 15 is 0 Å². The minimum atomic E-state index is 0.666. The zero-order valence-corrected chi connectivity index (χ0v) is 7.75. The molecule has 2 rings (SSSR count). The predicted molar refractivity (Wildman–Crippen MR) is 57.1 cm³/mol. The summed E-state index contributed by atoms with van der Waals surface area (Å²) in [5.41, 5.74) is 3.71. The highest BCUT2D eigenvalue weighted by Crippen LogP contribution is 2.25. The Labute approximate surface area is 83.2 Å². The lowest BCUT2D eigenvalue weighted by Gasteiger charge is -2.06. The molecular weight excluding hydrogens is 172 g/mol. The van der Waals surface area contributed by atoms with Gasteiger partial charge in [0.15, 0.2) is 0 Å². The summed E-state index contributed by atoms with van der Waals surface area (Å²) >= 11 is 0. The highest BCUT2D eigenvalue weighted by molar-refractivity contribution is 5.86. The normalized spacial score (nSPS) is 14.5. The second kappa shape index (κ2) is 3.39. The van der Waals surface area contributed by atoms with Crippen molar-refractivity contribution in [3.63, 3.8) is 0 Å². The van der Waals surface area contributed by atoms with Gasteiger partial charge in [0, 0.05) is 18.3 Å². The van der Waals surface area contributed by atoms with E-state index in [9.17, 15) is 0 Å². The van der Waals surface area contributed by atoms with E-state index in [1.165, 1.54) is 0 Å². The molecule has 0 amide bonds. The van der Waals surface area contributed by atoms with Crippen LogP contribution in [0.15, 0.2) is 37.0 Å². The number of allylic oxidation sites excluding steroid dienone is 1. The Bertz CT molecular complexity index is 450. The first-order valence-corrected chi connectivity index (χ1v) is 4.44. The molecule has 0 fully saturated rings. The first-order chi connectivity index (χ1) is 6.83. The quantitative estimate of drug-likeness (QED) is 0.667. The highest BCUT2D eigenvalue weighted by Gasteiger charge is 2.11. The largest absolute Gasteiger partial charge is 0.386 e. The van der Waals surface area contributed by atoms with E-state index in [0.717, 1.165) is 16.7 Å². The summed E-state index contributed by atoms with van der Waals surface area (Å²) < 4.78 is 0. The highest BCUT2D eigenvalue weighted by atomic mass is 14.8.